The number of fused-ring (bicyclic) bond motifs is 1. The number of nitrogens with zero attached hydrogens (tertiary/aromatic N) is 6. The lowest BCUT2D eigenvalue weighted by Gasteiger charge is -2.38. The van der Waals surface area contributed by atoms with Crippen LogP contribution in [-0.4, -0.2) is 50.9 Å². The van der Waals surface area contributed by atoms with E-state index < -0.39 is 0 Å². The molecule has 0 radical (unpaired) electrons. The molecule has 3 aromatic heterocycles. The van der Waals surface area contributed by atoms with Crippen LogP contribution in [0.1, 0.15) is 24.4 Å². The molecule has 0 amide bonds. The van der Waals surface area contributed by atoms with E-state index in [-0.39, 0.29) is 0 Å². The zero-order valence-electron chi connectivity index (χ0n) is 13.4. The molecule has 4 rings (SSSR count). The Morgan fingerprint density at radius 2 is 1.91 bits per heavy atom. The Labute approximate surface area is 139 Å². The van der Waals surface area contributed by atoms with Gasteiger partial charge in [0.15, 0.2) is 11.5 Å². The summed E-state index contributed by atoms with van der Waals surface area (Å²) < 4.78 is 1.82. The van der Waals surface area contributed by atoms with Gasteiger partial charge in [0.1, 0.15) is 5.82 Å². The molecular weight excluding hydrogens is 308 g/mol. The second kappa shape index (κ2) is 5.90. The van der Waals surface area contributed by atoms with Gasteiger partial charge in [-0.1, -0.05) is 0 Å². The second-order valence-corrected chi connectivity index (χ2v) is 6.74. The molecule has 120 valence electrons. The fourth-order valence-corrected chi connectivity index (χ4v) is 3.86. The van der Waals surface area contributed by atoms with Crippen LogP contribution in [0, 0.1) is 6.92 Å². The van der Waals surface area contributed by atoms with Crippen molar-refractivity contribution in [1.82, 2.24) is 24.7 Å². The fraction of sp³-hybridized carbons (Fsp3) is 0.438. The molecule has 6 nitrogen and oxygen atoms in total. The summed E-state index contributed by atoms with van der Waals surface area (Å²) in [4.78, 5) is 4.89. The van der Waals surface area contributed by atoms with E-state index in [1.165, 1.54) is 5.56 Å². The Hall–Kier alpha value is -1.99. The summed E-state index contributed by atoms with van der Waals surface area (Å²) in [5, 5.41) is 17.2. The molecule has 4 heterocycles. The van der Waals surface area contributed by atoms with E-state index in [2.05, 4.69) is 48.8 Å². The molecule has 23 heavy (non-hydrogen) atoms. The van der Waals surface area contributed by atoms with Crippen molar-refractivity contribution in [1.29, 1.82) is 0 Å². The van der Waals surface area contributed by atoms with Crippen LogP contribution in [0.3, 0.4) is 0 Å². The fourth-order valence-electron chi connectivity index (χ4n) is 3.12. The molecule has 0 saturated carbocycles. The van der Waals surface area contributed by atoms with Crippen molar-refractivity contribution in [3.63, 3.8) is 0 Å². The first-order valence-electron chi connectivity index (χ1n) is 7.92. The average molecular weight is 328 g/mol. The Bertz CT molecular complexity index is 788. The van der Waals surface area contributed by atoms with E-state index in [1.54, 1.807) is 11.3 Å². The lowest BCUT2D eigenvalue weighted by molar-refractivity contribution is 0.198. The van der Waals surface area contributed by atoms with Crippen molar-refractivity contribution < 1.29 is 0 Å². The highest BCUT2D eigenvalue weighted by atomic mass is 32.1. The second-order valence-electron chi connectivity index (χ2n) is 5.96. The predicted molar refractivity (Wildman–Crippen MR) is 92.0 cm³/mol. The highest BCUT2D eigenvalue weighted by molar-refractivity contribution is 7.07. The van der Waals surface area contributed by atoms with Gasteiger partial charge < -0.3 is 4.90 Å². The van der Waals surface area contributed by atoms with Crippen LogP contribution < -0.4 is 4.90 Å². The minimum Gasteiger partial charge on any atom is -0.353 e. The quantitative estimate of drug-likeness (QED) is 0.739. The van der Waals surface area contributed by atoms with E-state index in [9.17, 15) is 0 Å². The molecule has 0 bridgehead atoms. The van der Waals surface area contributed by atoms with Gasteiger partial charge >= 0.3 is 0 Å². The standard InChI is InChI=1S/C16H20N6S/c1-12(14-5-10-23-11-14)20-6-8-21(9-7-20)16-4-3-15-18-17-13(2)22(15)19-16/h3-5,10-12H,6-9H2,1-2H3. The van der Waals surface area contributed by atoms with E-state index in [4.69, 9.17) is 0 Å². The Kier molecular flexibility index (Phi) is 3.74. The molecular formula is C16H20N6S. The summed E-state index contributed by atoms with van der Waals surface area (Å²) in [6.07, 6.45) is 0. The third kappa shape index (κ3) is 2.70. The first-order chi connectivity index (χ1) is 11.2. The third-order valence-corrected chi connectivity index (χ3v) is 5.32. The normalized spacial score (nSPS) is 17.7. The lowest BCUT2D eigenvalue weighted by Crippen LogP contribution is -2.47. The summed E-state index contributed by atoms with van der Waals surface area (Å²) in [5.74, 6) is 1.83. The summed E-state index contributed by atoms with van der Waals surface area (Å²) in [5.41, 5.74) is 2.22. The van der Waals surface area contributed by atoms with Crippen LogP contribution >= 0.6 is 11.3 Å². The number of rotatable bonds is 3. The molecule has 1 unspecified atom stereocenters. The topological polar surface area (TPSA) is 49.6 Å². The van der Waals surface area contributed by atoms with Crippen molar-refractivity contribution in [3.8, 4) is 0 Å². The molecule has 0 aliphatic carbocycles. The molecule has 0 spiro atoms. The minimum atomic E-state index is 0.485. The van der Waals surface area contributed by atoms with Crippen LogP contribution in [0.2, 0.25) is 0 Å². The molecule has 3 aromatic rings. The zero-order valence-corrected chi connectivity index (χ0v) is 14.2. The van der Waals surface area contributed by atoms with E-state index >= 15 is 0 Å². The molecule has 1 fully saturated rings. The first-order valence-corrected chi connectivity index (χ1v) is 8.87. The summed E-state index contributed by atoms with van der Waals surface area (Å²) in [6.45, 7) is 8.32. The average Bonchev–Trinajstić information content (AvgIpc) is 3.25. The van der Waals surface area contributed by atoms with Gasteiger partial charge in [0.05, 0.1) is 0 Å². The molecule has 1 aliphatic heterocycles. The van der Waals surface area contributed by atoms with Crippen molar-refractivity contribution >= 4 is 22.8 Å². The highest BCUT2D eigenvalue weighted by Crippen LogP contribution is 2.24. The van der Waals surface area contributed by atoms with Gasteiger partial charge in [-0.25, -0.2) is 0 Å². The van der Waals surface area contributed by atoms with Gasteiger partial charge in [0, 0.05) is 32.2 Å². The Morgan fingerprint density at radius 1 is 1.09 bits per heavy atom. The van der Waals surface area contributed by atoms with Crippen LogP contribution in [-0.2, 0) is 0 Å². The summed E-state index contributed by atoms with van der Waals surface area (Å²) in [7, 11) is 0. The summed E-state index contributed by atoms with van der Waals surface area (Å²) >= 11 is 1.77. The predicted octanol–water partition coefficient (Wildman–Crippen LogP) is 2.38. The minimum absolute atomic E-state index is 0.485. The number of anilines is 1. The van der Waals surface area contributed by atoms with Crippen molar-refractivity contribution in [2.75, 3.05) is 31.1 Å². The maximum Gasteiger partial charge on any atom is 0.178 e. The SMILES string of the molecule is Cc1nnc2ccc(N3CCN(C(C)c4ccsc4)CC3)nn12. The van der Waals surface area contributed by atoms with E-state index in [0.29, 0.717) is 6.04 Å². The van der Waals surface area contributed by atoms with Crippen molar-refractivity contribution in [2.24, 2.45) is 0 Å². The van der Waals surface area contributed by atoms with Gasteiger partial charge in [-0.3, -0.25) is 4.90 Å². The van der Waals surface area contributed by atoms with Gasteiger partial charge in [-0.2, -0.15) is 15.9 Å². The number of thiophene rings is 1. The molecule has 1 saturated heterocycles. The van der Waals surface area contributed by atoms with Gasteiger partial charge in [0.25, 0.3) is 0 Å². The van der Waals surface area contributed by atoms with Gasteiger partial charge in [0.2, 0.25) is 0 Å². The van der Waals surface area contributed by atoms with Gasteiger partial charge in [-0.15, -0.1) is 15.3 Å². The highest BCUT2D eigenvalue weighted by Gasteiger charge is 2.23. The summed E-state index contributed by atoms with van der Waals surface area (Å²) in [6, 6.07) is 6.75. The molecule has 1 aliphatic rings. The van der Waals surface area contributed by atoms with Crippen LogP contribution in [0.4, 0.5) is 5.82 Å². The first kappa shape index (κ1) is 14.6. The largest absolute Gasteiger partial charge is 0.353 e. The number of aryl methyl sites for hydroxylation is 1. The van der Waals surface area contributed by atoms with E-state index in [0.717, 1.165) is 43.5 Å². The smallest absolute Gasteiger partial charge is 0.178 e. The Morgan fingerprint density at radius 3 is 2.65 bits per heavy atom. The zero-order chi connectivity index (χ0) is 15.8. The van der Waals surface area contributed by atoms with Crippen LogP contribution in [0.15, 0.2) is 29.0 Å². The van der Waals surface area contributed by atoms with Crippen LogP contribution in [0.5, 0.6) is 0 Å². The molecule has 0 N–H and O–H groups in total. The van der Waals surface area contributed by atoms with E-state index in [1.807, 2.05) is 23.6 Å². The lowest BCUT2D eigenvalue weighted by atomic mass is 10.1. The molecule has 7 heteroatoms. The van der Waals surface area contributed by atoms with Crippen molar-refractivity contribution in [2.45, 2.75) is 19.9 Å². The van der Waals surface area contributed by atoms with Gasteiger partial charge in [-0.05, 0) is 48.4 Å². The molecule has 1 atom stereocenters. The maximum atomic E-state index is 4.68. The molecule has 0 aromatic carbocycles. The maximum absolute atomic E-state index is 4.68. The number of piperazine rings is 1. The number of aromatic nitrogens is 4. The number of hydrogen-bond acceptors (Lipinski definition) is 6. The van der Waals surface area contributed by atoms with Crippen LogP contribution in [0.25, 0.3) is 5.65 Å². The Balaban J connectivity index is 1.47. The van der Waals surface area contributed by atoms with Crippen molar-refractivity contribution in [3.05, 3.63) is 40.3 Å². The third-order valence-electron chi connectivity index (χ3n) is 4.62. The monoisotopic (exact) mass is 328 g/mol. The number of hydrogen-bond donors (Lipinski definition) is 0.